The Morgan fingerprint density at radius 3 is 2.67 bits per heavy atom. The average molecular weight is 325 g/mol. The molecule has 0 bridgehead atoms. The van der Waals surface area contributed by atoms with Gasteiger partial charge in [-0.1, -0.05) is 6.07 Å². The second-order valence-corrected chi connectivity index (χ2v) is 7.27. The zero-order valence-corrected chi connectivity index (χ0v) is 14.8. The summed E-state index contributed by atoms with van der Waals surface area (Å²) in [6, 6.07) is 8.82. The van der Waals surface area contributed by atoms with Crippen LogP contribution in [0.1, 0.15) is 54.8 Å². The van der Waals surface area contributed by atoms with Crippen molar-refractivity contribution in [3.63, 3.8) is 0 Å². The Balaban J connectivity index is 1.57. The van der Waals surface area contributed by atoms with Gasteiger partial charge in [-0.15, -0.1) is 0 Å². The number of fused-ring (bicyclic) bond motifs is 1. The van der Waals surface area contributed by atoms with Crippen LogP contribution in [0.4, 0.5) is 0 Å². The minimum Gasteiger partial charge on any atom is -0.493 e. The maximum atomic E-state index is 6.27. The van der Waals surface area contributed by atoms with Gasteiger partial charge in [0.15, 0.2) is 11.5 Å². The first kappa shape index (κ1) is 15.6. The van der Waals surface area contributed by atoms with Gasteiger partial charge in [0.25, 0.3) is 0 Å². The summed E-state index contributed by atoms with van der Waals surface area (Å²) in [5.41, 5.74) is 4.39. The molecule has 1 saturated carbocycles. The van der Waals surface area contributed by atoms with Gasteiger partial charge in [-0.2, -0.15) is 0 Å². The SMILES string of the molecule is COc1ccc(C2CCc3c(ccn3C)C2)cc1OC1CCCC1. The Hall–Kier alpha value is -1.90. The van der Waals surface area contributed by atoms with Crippen LogP contribution in [0.15, 0.2) is 30.5 Å². The highest BCUT2D eigenvalue weighted by atomic mass is 16.5. The normalized spacial score (nSPS) is 20.8. The van der Waals surface area contributed by atoms with Crippen LogP contribution in [0.25, 0.3) is 0 Å². The van der Waals surface area contributed by atoms with Gasteiger partial charge in [0.2, 0.25) is 0 Å². The van der Waals surface area contributed by atoms with Crippen molar-refractivity contribution < 1.29 is 9.47 Å². The average Bonchev–Trinajstić information content (AvgIpc) is 3.25. The van der Waals surface area contributed by atoms with Crippen LogP contribution in [0.3, 0.4) is 0 Å². The molecule has 1 unspecified atom stereocenters. The van der Waals surface area contributed by atoms with E-state index in [2.05, 4.69) is 42.1 Å². The largest absolute Gasteiger partial charge is 0.493 e. The molecule has 1 aromatic heterocycles. The standard InChI is InChI=1S/C21H27NO2/c1-22-12-11-17-13-15(7-9-19(17)22)16-8-10-20(23-2)21(14-16)24-18-5-3-4-6-18/h8,10-12,14-15,18H,3-7,9,13H2,1-2H3. The molecule has 2 aliphatic rings. The first-order valence-corrected chi connectivity index (χ1v) is 9.22. The van der Waals surface area contributed by atoms with Crippen molar-refractivity contribution in [2.24, 2.45) is 7.05 Å². The highest BCUT2D eigenvalue weighted by Gasteiger charge is 2.24. The van der Waals surface area contributed by atoms with Gasteiger partial charge >= 0.3 is 0 Å². The summed E-state index contributed by atoms with van der Waals surface area (Å²) in [6.07, 6.45) is 11.0. The topological polar surface area (TPSA) is 23.4 Å². The van der Waals surface area contributed by atoms with Crippen LogP contribution in [0, 0.1) is 0 Å². The van der Waals surface area contributed by atoms with Crippen molar-refractivity contribution in [3.05, 3.63) is 47.3 Å². The van der Waals surface area contributed by atoms with Crippen LogP contribution in [-0.2, 0) is 19.9 Å². The monoisotopic (exact) mass is 325 g/mol. The van der Waals surface area contributed by atoms with Crippen molar-refractivity contribution >= 4 is 0 Å². The number of benzene rings is 1. The molecule has 2 aliphatic carbocycles. The molecule has 1 heterocycles. The minimum absolute atomic E-state index is 0.362. The lowest BCUT2D eigenvalue weighted by atomic mass is 9.83. The zero-order valence-electron chi connectivity index (χ0n) is 14.8. The van der Waals surface area contributed by atoms with Crippen LogP contribution < -0.4 is 9.47 Å². The molecule has 3 heteroatoms. The second-order valence-electron chi connectivity index (χ2n) is 7.27. The summed E-state index contributed by atoms with van der Waals surface area (Å²) in [4.78, 5) is 0. The first-order chi connectivity index (χ1) is 11.7. The predicted molar refractivity (Wildman–Crippen MR) is 96.1 cm³/mol. The Bertz CT molecular complexity index is 713. The van der Waals surface area contributed by atoms with Crippen LogP contribution in [0.5, 0.6) is 11.5 Å². The van der Waals surface area contributed by atoms with E-state index in [0.29, 0.717) is 12.0 Å². The van der Waals surface area contributed by atoms with E-state index in [4.69, 9.17) is 9.47 Å². The molecule has 4 rings (SSSR count). The van der Waals surface area contributed by atoms with Crippen LogP contribution in [-0.4, -0.2) is 17.8 Å². The van der Waals surface area contributed by atoms with E-state index < -0.39 is 0 Å². The number of rotatable bonds is 4. The summed E-state index contributed by atoms with van der Waals surface area (Å²) < 4.78 is 14.1. The summed E-state index contributed by atoms with van der Waals surface area (Å²) in [5, 5.41) is 0. The molecule has 1 fully saturated rings. The molecular weight excluding hydrogens is 298 g/mol. The fourth-order valence-electron chi connectivity index (χ4n) is 4.33. The minimum atomic E-state index is 0.362. The number of hydrogen-bond donors (Lipinski definition) is 0. The van der Waals surface area contributed by atoms with Gasteiger partial charge in [-0.05, 0) is 80.2 Å². The molecule has 3 nitrogen and oxygen atoms in total. The third-order valence-electron chi connectivity index (χ3n) is 5.75. The number of methoxy groups -OCH3 is 1. The third kappa shape index (κ3) is 2.92. The molecule has 0 N–H and O–H groups in total. The third-order valence-corrected chi connectivity index (χ3v) is 5.75. The quantitative estimate of drug-likeness (QED) is 0.818. The van der Waals surface area contributed by atoms with Crippen molar-refractivity contribution in [1.82, 2.24) is 4.57 Å². The Morgan fingerprint density at radius 1 is 1.04 bits per heavy atom. The maximum Gasteiger partial charge on any atom is 0.161 e. The number of aromatic nitrogens is 1. The first-order valence-electron chi connectivity index (χ1n) is 9.22. The smallest absolute Gasteiger partial charge is 0.161 e. The van der Waals surface area contributed by atoms with E-state index in [1.165, 1.54) is 48.9 Å². The van der Waals surface area contributed by atoms with Crippen molar-refractivity contribution in [1.29, 1.82) is 0 Å². The van der Waals surface area contributed by atoms with Crippen molar-refractivity contribution in [3.8, 4) is 11.5 Å². The lowest BCUT2D eigenvalue weighted by Crippen LogP contribution is -2.15. The van der Waals surface area contributed by atoms with E-state index in [-0.39, 0.29) is 0 Å². The van der Waals surface area contributed by atoms with E-state index in [0.717, 1.165) is 24.3 Å². The molecule has 0 saturated heterocycles. The molecular formula is C21H27NO2. The van der Waals surface area contributed by atoms with Gasteiger partial charge in [-0.3, -0.25) is 0 Å². The lowest BCUT2D eigenvalue weighted by Gasteiger charge is -2.25. The Labute approximate surface area is 144 Å². The number of hydrogen-bond acceptors (Lipinski definition) is 2. The van der Waals surface area contributed by atoms with Gasteiger partial charge in [0.05, 0.1) is 13.2 Å². The molecule has 1 aromatic carbocycles. The van der Waals surface area contributed by atoms with Gasteiger partial charge in [0.1, 0.15) is 0 Å². The molecule has 0 aliphatic heterocycles. The second kappa shape index (κ2) is 6.54. The Kier molecular flexibility index (Phi) is 4.26. The summed E-state index contributed by atoms with van der Waals surface area (Å²) >= 11 is 0. The molecule has 24 heavy (non-hydrogen) atoms. The van der Waals surface area contributed by atoms with E-state index in [9.17, 15) is 0 Å². The maximum absolute atomic E-state index is 6.27. The molecule has 1 atom stereocenters. The van der Waals surface area contributed by atoms with E-state index in [1.807, 2.05) is 0 Å². The summed E-state index contributed by atoms with van der Waals surface area (Å²) in [7, 11) is 3.88. The lowest BCUT2D eigenvalue weighted by molar-refractivity contribution is 0.200. The molecule has 2 aromatic rings. The Morgan fingerprint density at radius 2 is 1.88 bits per heavy atom. The number of aryl methyl sites for hydroxylation is 1. The fraction of sp³-hybridized carbons (Fsp3) is 0.524. The van der Waals surface area contributed by atoms with E-state index in [1.54, 1.807) is 7.11 Å². The highest BCUT2D eigenvalue weighted by molar-refractivity contribution is 5.45. The number of nitrogens with zero attached hydrogens (tertiary/aromatic N) is 1. The van der Waals surface area contributed by atoms with Gasteiger partial charge in [0, 0.05) is 18.9 Å². The molecule has 0 spiro atoms. The molecule has 128 valence electrons. The predicted octanol–water partition coefficient (Wildman–Crippen LogP) is 4.63. The fourth-order valence-corrected chi connectivity index (χ4v) is 4.33. The summed E-state index contributed by atoms with van der Waals surface area (Å²) in [6.45, 7) is 0. The number of ether oxygens (including phenoxy) is 2. The van der Waals surface area contributed by atoms with Crippen LogP contribution >= 0.6 is 0 Å². The van der Waals surface area contributed by atoms with Gasteiger partial charge in [-0.25, -0.2) is 0 Å². The van der Waals surface area contributed by atoms with Crippen LogP contribution in [0.2, 0.25) is 0 Å². The van der Waals surface area contributed by atoms with Crippen molar-refractivity contribution in [2.45, 2.75) is 57.0 Å². The van der Waals surface area contributed by atoms with Gasteiger partial charge < -0.3 is 14.0 Å². The van der Waals surface area contributed by atoms with Crippen molar-refractivity contribution in [2.75, 3.05) is 7.11 Å². The molecule has 0 amide bonds. The molecule has 0 radical (unpaired) electrons. The highest BCUT2D eigenvalue weighted by Crippen LogP contribution is 2.38. The summed E-state index contributed by atoms with van der Waals surface area (Å²) in [5.74, 6) is 2.37. The zero-order chi connectivity index (χ0) is 16.5. The van der Waals surface area contributed by atoms with E-state index >= 15 is 0 Å².